The molecule has 0 spiro atoms. The van der Waals surface area contributed by atoms with Crippen molar-refractivity contribution in [2.45, 2.75) is 37.9 Å². The number of ether oxygens (including phenoxy) is 2. The van der Waals surface area contributed by atoms with Crippen molar-refractivity contribution in [3.63, 3.8) is 0 Å². The summed E-state index contributed by atoms with van der Waals surface area (Å²) < 4.78 is 11.6. The number of nitrogens with one attached hydrogen (secondary N) is 2. The van der Waals surface area contributed by atoms with Gasteiger partial charge in [0.25, 0.3) is 0 Å². The van der Waals surface area contributed by atoms with Gasteiger partial charge in [0.15, 0.2) is 17.3 Å². The number of aromatic amines is 1. The minimum atomic E-state index is -0.824. The number of hydrogen-bond acceptors (Lipinski definition) is 9. The molecule has 3 aromatic rings. The average Bonchev–Trinajstić information content (AvgIpc) is 3.20. The van der Waals surface area contributed by atoms with Crippen LogP contribution in [0.1, 0.15) is 31.9 Å². The molecular formula is C20H21N7O3. The fourth-order valence-electron chi connectivity index (χ4n) is 3.27. The van der Waals surface area contributed by atoms with Gasteiger partial charge >= 0.3 is 0 Å². The third-order valence-electron chi connectivity index (χ3n) is 5.25. The molecule has 0 saturated heterocycles. The zero-order chi connectivity index (χ0) is 21.1. The summed E-state index contributed by atoms with van der Waals surface area (Å²) in [7, 11) is 1.55. The Morgan fingerprint density at radius 1 is 1.20 bits per heavy atom. The van der Waals surface area contributed by atoms with Crippen LogP contribution in [0.2, 0.25) is 0 Å². The van der Waals surface area contributed by atoms with Crippen LogP contribution in [0.25, 0.3) is 11.3 Å². The van der Waals surface area contributed by atoms with Gasteiger partial charge in [-0.05, 0) is 26.2 Å². The number of hydrogen-bond donors (Lipinski definition) is 3. The zero-order valence-corrected chi connectivity index (χ0v) is 16.6. The highest BCUT2D eigenvalue weighted by atomic mass is 16.5. The number of aliphatic hydroxyl groups is 1. The van der Waals surface area contributed by atoms with Gasteiger partial charge < -0.3 is 19.9 Å². The summed E-state index contributed by atoms with van der Waals surface area (Å²) in [6, 6.07) is 3.69. The Morgan fingerprint density at radius 3 is 2.63 bits per heavy atom. The highest BCUT2D eigenvalue weighted by Gasteiger charge is 2.41. The summed E-state index contributed by atoms with van der Waals surface area (Å²) >= 11 is 0. The zero-order valence-electron chi connectivity index (χ0n) is 16.6. The van der Waals surface area contributed by atoms with Crippen molar-refractivity contribution in [1.29, 1.82) is 5.26 Å². The van der Waals surface area contributed by atoms with Crippen molar-refractivity contribution in [2.75, 3.05) is 12.4 Å². The van der Waals surface area contributed by atoms with Gasteiger partial charge in [0, 0.05) is 6.07 Å². The number of anilines is 2. The predicted molar refractivity (Wildman–Crippen MR) is 107 cm³/mol. The summed E-state index contributed by atoms with van der Waals surface area (Å²) in [5.41, 5.74) is 0.693. The third kappa shape index (κ3) is 3.75. The second kappa shape index (κ2) is 7.96. The lowest BCUT2D eigenvalue weighted by Crippen LogP contribution is -2.49. The molecule has 4 rings (SSSR count). The number of nitrogens with zero attached hydrogens (tertiary/aromatic N) is 5. The first-order valence-corrected chi connectivity index (χ1v) is 9.48. The maximum absolute atomic E-state index is 10.6. The molecule has 0 aliphatic heterocycles. The summed E-state index contributed by atoms with van der Waals surface area (Å²) in [6.07, 6.45) is 8.03. The smallest absolute Gasteiger partial charge is 0.158 e. The van der Waals surface area contributed by atoms with E-state index in [9.17, 15) is 5.11 Å². The molecule has 0 aromatic carbocycles. The molecule has 3 N–H and O–H groups in total. The number of rotatable bonds is 7. The van der Waals surface area contributed by atoms with E-state index < -0.39 is 11.7 Å². The maximum atomic E-state index is 10.6. The van der Waals surface area contributed by atoms with Crippen molar-refractivity contribution < 1.29 is 14.6 Å². The Hall–Kier alpha value is -3.71. The van der Waals surface area contributed by atoms with E-state index in [-0.39, 0.29) is 5.69 Å². The van der Waals surface area contributed by atoms with Gasteiger partial charge in [-0.1, -0.05) is 0 Å². The van der Waals surface area contributed by atoms with Gasteiger partial charge in [-0.15, -0.1) is 0 Å². The molecule has 0 amide bonds. The van der Waals surface area contributed by atoms with E-state index in [1.165, 1.54) is 12.4 Å². The van der Waals surface area contributed by atoms with Crippen LogP contribution in [0.3, 0.4) is 0 Å². The largest absolute Gasteiger partial charge is 0.494 e. The molecule has 1 fully saturated rings. The van der Waals surface area contributed by atoms with E-state index in [0.717, 1.165) is 6.42 Å². The van der Waals surface area contributed by atoms with Crippen LogP contribution in [0.5, 0.6) is 11.5 Å². The van der Waals surface area contributed by atoms with Gasteiger partial charge in [-0.2, -0.15) is 10.4 Å². The minimum Gasteiger partial charge on any atom is -0.494 e. The summed E-state index contributed by atoms with van der Waals surface area (Å²) in [4.78, 5) is 12.3. The molecule has 1 aliphatic carbocycles. The molecule has 3 heterocycles. The van der Waals surface area contributed by atoms with E-state index in [4.69, 9.17) is 14.7 Å². The van der Waals surface area contributed by atoms with Gasteiger partial charge in [0.1, 0.15) is 29.3 Å². The van der Waals surface area contributed by atoms with Gasteiger partial charge in [0.2, 0.25) is 0 Å². The first-order chi connectivity index (χ1) is 14.5. The summed E-state index contributed by atoms with van der Waals surface area (Å²) in [6.45, 7) is 1.85. The topological polar surface area (TPSA) is 142 Å². The maximum Gasteiger partial charge on any atom is 0.158 e. The Kier molecular flexibility index (Phi) is 5.20. The van der Waals surface area contributed by atoms with E-state index >= 15 is 0 Å². The number of pyridine rings is 1. The molecule has 1 saturated carbocycles. The molecule has 0 bridgehead atoms. The Balaban J connectivity index is 1.60. The summed E-state index contributed by atoms with van der Waals surface area (Å²) in [5.74, 6) is 1.94. The molecule has 1 atom stereocenters. The minimum absolute atomic E-state index is 0.230. The molecule has 10 nitrogen and oxygen atoms in total. The molecule has 154 valence electrons. The van der Waals surface area contributed by atoms with Crippen LogP contribution in [-0.2, 0) is 0 Å². The van der Waals surface area contributed by atoms with Crippen LogP contribution in [0, 0.1) is 11.3 Å². The van der Waals surface area contributed by atoms with Gasteiger partial charge in [-0.25, -0.2) is 9.97 Å². The average molecular weight is 407 g/mol. The highest BCUT2D eigenvalue weighted by molar-refractivity contribution is 5.75. The number of H-pyrrole nitrogens is 1. The molecule has 3 aromatic heterocycles. The number of nitriles is 1. The van der Waals surface area contributed by atoms with Gasteiger partial charge in [-0.3, -0.25) is 10.1 Å². The fraction of sp³-hybridized carbons (Fsp3) is 0.350. The second-order valence-corrected chi connectivity index (χ2v) is 7.12. The van der Waals surface area contributed by atoms with Crippen molar-refractivity contribution in [3.05, 3.63) is 36.5 Å². The molecule has 0 unspecified atom stereocenters. The SMILES string of the molecule is COc1cncc(O[C@H](C)C2(O)CCC2)c1-c1cc(Nc2cnc(C#N)cn2)n[nH]1. The molecule has 10 heteroatoms. The van der Waals surface area contributed by atoms with Crippen molar-refractivity contribution >= 4 is 11.6 Å². The van der Waals surface area contributed by atoms with Crippen LogP contribution in [0.15, 0.2) is 30.9 Å². The van der Waals surface area contributed by atoms with Crippen LogP contribution in [0.4, 0.5) is 11.6 Å². The highest BCUT2D eigenvalue weighted by Crippen LogP contribution is 2.41. The van der Waals surface area contributed by atoms with E-state index in [0.29, 0.717) is 47.2 Å². The normalized spacial score (nSPS) is 15.5. The van der Waals surface area contributed by atoms with E-state index in [1.807, 2.05) is 13.0 Å². The number of methoxy groups -OCH3 is 1. The van der Waals surface area contributed by atoms with Gasteiger partial charge in [0.05, 0.1) is 43.2 Å². The van der Waals surface area contributed by atoms with E-state index in [1.54, 1.807) is 25.6 Å². The van der Waals surface area contributed by atoms with Crippen molar-refractivity contribution in [1.82, 2.24) is 25.1 Å². The lowest BCUT2D eigenvalue weighted by Gasteiger charge is -2.41. The van der Waals surface area contributed by atoms with Crippen LogP contribution in [-0.4, -0.2) is 49.1 Å². The molecule has 1 aliphatic rings. The standard InChI is InChI=1S/C20H21N7O3/c1-12(20(28)4-3-5-20)30-16-10-22-9-15(29-2)19(16)14-6-17(27-26-14)25-18-11-23-13(7-21)8-24-18/h6,8-12,28H,3-5H2,1-2H3,(H2,24,25,26,27)/t12-/m1/s1. The monoisotopic (exact) mass is 407 g/mol. The quantitative estimate of drug-likeness (QED) is 0.538. The first-order valence-electron chi connectivity index (χ1n) is 9.48. The van der Waals surface area contributed by atoms with Crippen molar-refractivity contribution in [2.24, 2.45) is 0 Å². The molecule has 0 radical (unpaired) electrons. The Morgan fingerprint density at radius 2 is 2.00 bits per heavy atom. The van der Waals surface area contributed by atoms with Crippen LogP contribution < -0.4 is 14.8 Å². The first kappa shape index (κ1) is 19.6. The second-order valence-electron chi connectivity index (χ2n) is 7.12. The van der Waals surface area contributed by atoms with Crippen LogP contribution >= 0.6 is 0 Å². The van der Waals surface area contributed by atoms with Crippen molar-refractivity contribution in [3.8, 4) is 28.8 Å². The Labute approximate surface area is 172 Å². The lowest BCUT2D eigenvalue weighted by molar-refractivity contribution is -0.107. The molecular weight excluding hydrogens is 386 g/mol. The fourth-order valence-corrected chi connectivity index (χ4v) is 3.27. The lowest BCUT2D eigenvalue weighted by atomic mass is 9.76. The summed E-state index contributed by atoms with van der Waals surface area (Å²) in [5, 5.41) is 29.6. The number of aromatic nitrogens is 5. The Bertz CT molecular complexity index is 1070. The third-order valence-corrected chi connectivity index (χ3v) is 5.25. The molecule has 30 heavy (non-hydrogen) atoms. The predicted octanol–water partition coefficient (Wildman–Crippen LogP) is 2.57. The van der Waals surface area contributed by atoms with E-state index in [2.05, 4.69) is 30.5 Å².